The number of carboxylic acids is 1. The van der Waals surface area contributed by atoms with E-state index in [-0.39, 0.29) is 11.8 Å². The van der Waals surface area contributed by atoms with Crippen molar-refractivity contribution in [3.05, 3.63) is 0 Å². The Bertz CT molecular complexity index is 139. The van der Waals surface area contributed by atoms with Crippen LogP contribution in [-0.4, -0.2) is 28.6 Å². The number of hydrogen-bond acceptors (Lipinski definition) is 3. The summed E-state index contributed by atoms with van der Waals surface area (Å²) in [6.07, 6.45) is 0.965. The summed E-state index contributed by atoms with van der Waals surface area (Å²) in [7, 11) is 0. The van der Waals surface area contributed by atoms with Gasteiger partial charge in [-0.05, 0) is 12.3 Å². The molecule has 3 nitrogen and oxygen atoms in total. The minimum Gasteiger partial charge on any atom is -0.481 e. The molecule has 4 heteroatoms. The van der Waals surface area contributed by atoms with E-state index in [2.05, 4.69) is 13.8 Å². The van der Waals surface area contributed by atoms with E-state index < -0.39 is 5.97 Å². The topological polar surface area (TPSA) is 63.3 Å². The lowest BCUT2D eigenvalue weighted by Gasteiger charge is -2.12. The van der Waals surface area contributed by atoms with Gasteiger partial charge in [0.2, 0.25) is 0 Å². The SMILES string of the molecule is CC(C)C[C@H](N)CSCC(=O)O. The van der Waals surface area contributed by atoms with Crippen molar-refractivity contribution < 1.29 is 9.90 Å². The van der Waals surface area contributed by atoms with E-state index >= 15 is 0 Å². The molecule has 72 valence electrons. The van der Waals surface area contributed by atoms with Crippen LogP contribution in [0.2, 0.25) is 0 Å². The smallest absolute Gasteiger partial charge is 0.313 e. The molecule has 0 radical (unpaired) electrons. The summed E-state index contributed by atoms with van der Waals surface area (Å²) < 4.78 is 0. The lowest BCUT2D eigenvalue weighted by atomic mass is 10.1. The molecule has 0 unspecified atom stereocenters. The van der Waals surface area contributed by atoms with Gasteiger partial charge in [0.25, 0.3) is 0 Å². The Kier molecular flexibility index (Phi) is 6.20. The van der Waals surface area contributed by atoms with Crippen LogP contribution in [0.15, 0.2) is 0 Å². The third-order valence-electron chi connectivity index (χ3n) is 1.33. The summed E-state index contributed by atoms with van der Waals surface area (Å²) in [4.78, 5) is 10.1. The van der Waals surface area contributed by atoms with Crippen molar-refractivity contribution >= 4 is 17.7 Å². The highest BCUT2D eigenvalue weighted by Crippen LogP contribution is 2.08. The highest BCUT2D eigenvalue weighted by molar-refractivity contribution is 7.99. The first-order valence-electron chi connectivity index (χ1n) is 4.07. The van der Waals surface area contributed by atoms with Crippen LogP contribution in [0.25, 0.3) is 0 Å². The van der Waals surface area contributed by atoms with E-state index in [0.29, 0.717) is 5.92 Å². The van der Waals surface area contributed by atoms with Gasteiger partial charge in [0.15, 0.2) is 0 Å². The molecule has 0 rings (SSSR count). The molecule has 0 fully saturated rings. The normalized spacial score (nSPS) is 13.3. The fourth-order valence-electron chi connectivity index (χ4n) is 0.971. The minimum absolute atomic E-state index is 0.134. The van der Waals surface area contributed by atoms with Crippen LogP contribution in [0.3, 0.4) is 0 Å². The van der Waals surface area contributed by atoms with Gasteiger partial charge in [-0.15, -0.1) is 11.8 Å². The predicted molar refractivity (Wildman–Crippen MR) is 52.4 cm³/mol. The zero-order valence-corrected chi connectivity index (χ0v) is 8.43. The Hall–Kier alpha value is -0.220. The Morgan fingerprint density at radius 2 is 2.17 bits per heavy atom. The van der Waals surface area contributed by atoms with Gasteiger partial charge in [-0.3, -0.25) is 4.79 Å². The van der Waals surface area contributed by atoms with Gasteiger partial charge in [0.05, 0.1) is 5.75 Å². The molecule has 0 amide bonds. The summed E-state index contributed by atoms with van der Waals surface area (Å²) >= 11 is 1.39. The number of carbonyl (C=O) groups is 1. The standard InChI is InChI=1S/C8H17NO2S/c1-6(2)3-7(9)4-12-5-8(10)11/h6-7H,3-5,9H2,1-2H3,(H,10,11)/t7-/m0/s1. The van der Waals surface area contributed by atoms with Crippen molar-refractivity contribution in [3.8, 4) is 0 Å². The fourth-order valence-corrected chi connectivity index (χ4v) is 1.70. The summed E-state index contributed by atoms with van der Waals surface area (Å²) in [5, 5.41) is 8.35. The predicted octanol–water partition coefficient (Wildman–Crippen LogP) is 1.18. The van der Waals surface area contributed by atoms with Gasteiger partial charge >= 0.3 is 5.97 Å². The molecule has 0 heterocycles. The highest BCUT2D eigenvalue weighted by Gasteiger charge is 2.06. The average Bonchev–Trinajstić information content (AvgIpc) is 1.84. The maximum Gasteiger partial charge on any atom is 0.313 e. The van der Waals surface area contributed by atoms with Crippen LogP contribution >= 0.6 is 11.8 Å². The Morgan fingerprint density at radius 1 is 1.58 bits per heavy atom. The zero-order chi connectivity index (χ0) is 9.56. The van der Waals surface area contributed by atoms with E-state index in [4.69, 9.17) is 10.8 Å². The van der Waals surface area contributed by atoms with Crippen LogP contribution in [0.4, 0.5) is 0 Å². The van der Waals surface area contributed by atoms with Gasteiger partial charge in [-0.25, -0.2) is 0 Å². The van der Waals surface area contributed by atoms with Gasteiger partial charge in [-0.2, -0.15) is 0 Å². The minimum atomic E-state index is -0.767. The number of nitrogens with two attached hydrogens (primary N) is 1. The number of aliphatic carboxylic acids is 1. The van der Waals surface area contributed by atoms with Gasteiger partial charge in [0.1, 0.15) is 0 Å². The highest BCUT2D eigenvalue weighted by atomic mass is 32.2. The van der Waals surface area contributed by atoms with Crippen LogP contribution in [0.1, 0.15) is 20.3 Å². The van der Waals surface area contributed by atoms with Crippen molar-refractivity contribution in [1.29, 1.82) is 0 Å². The molecular formula is C8H17NO2S. The third kappa shape index (κ3) is 7.88. The Balaban J connectivity index is 3.31. The fraction of sp³-hybridized carbons (Fsp3) is 0.875. The first-order valence-corrected chi connectivity index (χ1v) is 5.23. The number of thioether (sulfide) groups is 1. The molecule has 0 aliphatic carbocycles. The van der Waals surface area contributed by atoms with Crippen LogP contribution in [-0.2, 0) is 4.79 Å². The Labute approximate surface area is 77.7 Å². The van der Waals surface area contributed by atoms with E-state index in [1.54, 1.807) is 0 Å². The van der Waals surface area contributed by atoms with Crippen molar-refractivity contribution in [1.82, 2.24) is 0 Å². The first-order chi connectivity index (χ1) is 5.52. The Morgan fingerprint density at radius 3 is 2.58 bits per heavy atom. The molecule has 1 atom stereocenters. The molecule has 0 aromatic rings. The van der Waals surface area contributed by atoms with Crippen LogP contribution < -0.4 is 5.73 Å². The van der Waals surface area contributed by atoms with Gasteiger partial charge < -0.3 is 10.8 Å². The lowest BCUT2D eigenvalue weighted by Crippen LogP contribution is -2.25. The lowest BCUT2D eigenvalue weighted by molar-refractivity contribution is -0.133. The number of hydrogen-bond donors (Lipinski definition) is 2. The van der Waals surface area contributed by atoms with E-state index in [0.717, 1.165) is 12.2 Å². The van der Waals surface area contributed by atoms with E-state index in [1.807, 2.05) is 0 Å². The summed E-state index contributed by atoms with van der Waals surface area (Å²) in [5.74, 6) is 0.721. The van der Waals surface area contributed by atoms with E-state index in [9.17, 15) is 4.79 Å². The monoisotopic (exact) mass is 191 g/mol. The van der Waals surface area contributed by atoms with Crippen molar-refractivity contribution in [2.75, 3.05) is 11.5 Å². The molecule has 0 bridgehead atoms. The van der Waals surface area contributed by atoms with Crippen LogP contribution in [0.5, 0.6) is 0 Å². The molecule has 0 aliphatic heterocycles. The largest absolute Gasteiger partial charge is 0.481 e. The second-order valence-electron chi connectivity index (χ2n) is 3.30. The van der Waals surface area contributed by atoms with Crippen molar-refractivity contribution in [3.63, 3.8) is 0 Å². The number of rotatable bonds is 6. The molecule has 0 saturated heterocycles. The molecule has 12 heavy (non-hydrogen) atoms. The average molecular weight is 191 g/mol. The third-order valence-corrected chi connectivity index (χ3v) is 2.45. The van der Waals surface area contributed by atoms with Crippen molar-refractivity contribution in [2.24, 2.45) is 11.7 Å². The zero-order valence-electron chi connectivity index (χ0n) is 7.62. The maximum absolute atomic E-state index is 10.1. The molecule has 0 spiro atoms. The molecule has 0 aromatic heterocycles. The molecule has 0 aliphatic rings. The van der Waals surface area contributed by atoms with Gasteiger partial charge in [0, 0.05) is 11.8 Å². The van der Waals surface area contributed by atoms with Crippen LogP contribution in [0, 0.1) is 5.92 Å². The molecule has 0 saturated carbocycles. The van der Waals surface area contributed by atoms with Gasteiger partial charge in [-0.1, -0.05) is 13.8 Å². The first kappa shape index (κ1) is 11.8. The van der Waals surface area contributed by atoms with E-state index in [1.165, 1.54) is 11.8 Å². The summed E-state index contributed by atoms with van der Waals surface area (Å²) in [6, 6.07) is 0.134. The molecule has 3 N–H and O–H groups in total. The quantitative estimate of drug-likeness (QED) is 0.661. The second kappa shape index (κ2) is 6.31. The molecular weight excluding hydrogens is 174 g/mol. The second-order valence-corrected chi connectivity index (χ2v) is 4.33. The number of carboxylic acid groups (broad SMARTS) is 1. The molecule has 0 aromatic carbocycles. The van der Waals surface area contributed by atoms with Crippen molar-refractivity contribution in [2.45, 2.75) is 26.3 Å². The summed E-state index contributed by atoms with van der Waals surface area (Å²) in [5.41, 5.74) is 5.75. The maximum atomic E-state index is 10.1. The summed E-state index contributed by atoms with van der Waals surface area (Å²) in [6.45, 7) is 4.23.